The highest BCUT2D eigenvalue weighted by atomic mass is 16.5. The van der Waals surface area contributed by atoms with Gasteiger partial charge in [-0.15, -0.1) is 0 Å². The highest BCUT2D eigenvalue weighted by Crippen LogP contribution is 2.03. The van der Waals surface area contributed by atoms with Crippen LogP contribution in [0.2, 0.25) is 0 Å². The van der Waals surface area contributed by atoms with Crippen LogP contribution in [0.25, 0.3) is 0 Å². The van der Waals surface area contributed by atoms with E-state index in [9.17, 15) is 4.79 Å². The molecule has 0 aromatic rings. The second kappa shape index (κ2) is 5.86. The molecular weight excluding hydrogens is 180 g/mol. The fourth-order valence-electron chi connectivity index (χ4n) is 1.60. The molecule has 0 spiro atoms. The molecule has 1 rings (SSSR count). The van der Waals surface area contributed by atoms with Crippen LogP contribution in [-0.4, -0.2) is 31.3 Å². The van der Waals surface area contributed by atoms with E-state index >= 15 is 0 Å². The molecule has 1 fully saturated rings. The Kier molecular flexibility index (Phi) is 4.73. The molecule has 2 unspecified atom stereocenters. The Morgan fingerprint density at radius 2 is 2.43 bits per heavy atom. The van der Waals surface area contributed by atoms with Crippen molar-refractivity contribution < 1.29 is 9.53 Å². The molecule has 1 aliphatic heterocycles. The van der Waals surface area contributed by atoms with E-state index in [1.54, 1.807) is 0 Å². The highest BCUT2D eigenvalue weighted by Gasteiger charge is 2.17. The van der Waals surface area contributed by atoms with Crippen LogP contribution >= 0.6 is 0 Å². The van der Waals surface area contributed by atoms with E-state index < -0.39 is 0 Å². The van der Waals surface area contributed by atoms with Crippen LogP contribution in [0.3, 0.4) is 0 Å². The predicted octanol–water partition coefficient (Wildman–Crippen LogP) is 1.26. The molecule has 0 saturated carbocycles. The number of carbonyl (C=O) groups excluding carboxylic acids is 1. The third-order valence-corrected chi connectivity index (χ3v) is 2.36. The number of carbonyl (C=O) groups is 1. The predicted molar refractivity (Wildman–Crippen MR) is 55.3 cm³/mol. The van der Waals surface area contributed by atoms with Gasteiger partial charge in [-0.25, -0.2) is 4.79 Å². The lowest BCUT2D eigenvalue weighted by Gasteiger charge is -2.16. The van der Waals surface area contributed by atoms with Crippen molar-refractivity contribution in [1.29, 1.82) is 0 Å². The summed E-state index contributed by atoms with van der Waals surface area (Å²) in [7, 11) is 0. The van der Waals surface area contributed by atoms with Crippen LogP contribution in [0.15, 0.2) is 0 Å². The quantitative estimate of drug-likeness (QED) is 0.718. The van der Waals surface area contributed by atoms with Crippen LogP contribution in [0, 0.1) is 0 Å². The Hall–Kier alpha value is -0.770. The van der Waals surface area contributed by atoms with Crippen molar-refractivity contribution >= 4 is 6.03 Å². The minimum Gasteiger partial charge on any atom is -0.379 e. The summed E-state index contributed by atoms with van der Waals surface area (Å²) in [4.78, 5) is 11.4. The Bertz CT molecular complexity index is 179. The topological polar surface area (TPSA) is 50.4 Å². The summed E-state index contributed by atoms with van der Waals surface area (Å²) in [5.74, 6) is 0. The maximum absolute atomic E-state index is 11.4. The zero-order chi connectivity index (χ0) is 10.4. The Balaban J connectivity index is 2.14. The Morgan fingerprint density at radius 3 is 3.00 bits per heavy atom. The van der Waals surface area contributed by atoms with Gasteiger partial charge >= 0.3 is 6.03 Å². The molecule has 4 heteroatoms. The van der Waals surface area contributed by atoms with Gasteiger partial charge in [0, 0.05) is 12.6 Å². The number of amides is 2. The smallest absolute Gasteiger partial charge is 0.315 e. The van der Waals surface area contributed by atoms with Gasteiger partial charge in [0.25, 0.3) is 0 Å². The van der Waals surface area contributed by atoms with Gasteiger partial charge in [0.1, 0.15) is 0 Å². The van der Waals surface area contributed by atoms with Crippen LogP contribution in [-0.2, 0) is 4.74 Å². The van der Waals surface area contributed by atoms with Crippen molar-refractivity contribution in [2.75, 3.05) is 13.2 Å². The molecule has 4 nitrogen and oxygen atoms in total. The molecule has 2 amide bonds. The van der Waals surface area contributed by atoms with Crippen molar-refractivity contribution in [3.05, 3.63) is 0 Å². The second-order valence-corrected chi connectivity index (χ2v) is 3.87. The highest BCUT2D eigenvalue weighted by molar-refractivity contribution is 5.74. The monoisotopic (exact) mass is 200 g/mol. The summed E-state index contributed by atoms with van der Waals surface area (Å²) in [5.41, 5.74) is 0. The molecule has 0 aliphatic carbocycles. The van der Waals surface area contributed by atoms with E-state index in [0.717, 1.165) is 25.9 Å². The molecule has 1 saturated heterocycles. The molecule has 0 bridgehead atoms. The lowest BCUT2D eigenvalue weighted by atomic mass is 10.2. The molecule has 14 heavy (non-hydrogen) atoms. The normalized spacial score (nSPS) is 23.1. The first-order chi connectivity index (χ1) is 6.72. The molecule has 2 N–H and O–H groups in total. The number of rotatable bonds is 4. The van der Waals surface area contributed by atoms with E-state index in [1.807, 2.05) is 6.92 Å². The van der Waals surface area contributed by atoms with E-state index in [0.29, 0.717) is 6.61 Å². The van der Waals surface area contributed by atoms with Crippen LogP contribution in [0.5, 0.6) is 0 Å². The fraction of sp³-hybridized carbons (Fsp3) is 0.900. The van der Waals surface area contributed by atoms with Gasteiger partial charge in [-0.3, -0.25) is 0 Å². The second-order valence-electron chi connectivity index (χ2n) is 3.87. The van der Waals surface area contributed by atoms with Crippen molar-refractivity contribution in [3.63, 3.8) is 0 Å². The molecule has 2 atom stereocenters. The van der Waals surface area contributed by atoms with E-state index in [-0.39, 0.29) is 18.1 Å². The van der Waals surface area contributed by atoms with Gasteiger partial charge in [-0.1, -0.05) is 13.3 Å². The maximum atomic E-state index is 11.4. The fourth-order valence-corrected chi connectivity index (χ4v) is 1.60. The maximum Gasteiger partial charge on any atom is 0.315 e. The summed E-state index contributed by atoms with van der Waals surface area (Å²) in [6.45, 7) is 5.54. The third-order valence-electron chi connectivity index (χ3n) is 2.36. The average molecular weight is 200 g/mol. The summed E-state index contributed by atoms with van der Waals surface area (Å²) in [5, 5.41) is 5.80. The molecule has 0 aromatic carbocycles. The van der Waals surface area contributed by atoms with Crippen LogP contribution < -0.4 is 10.6 Å². The van der Waals surface area contributed by atoms with Gasteiger partial charge in [0.2, 0.25) is 0 Å². The van der Waals surface area contributed by atoms with Gasteiger partial charge in [0.05, 0.1) is 12.6 Å². The summed E-state index contributed by atoms with van der Waals surface area (Å²) >= 11 is 0. The van der Waals surface area contributed by atoms with Crippen LogP contribution in [0.1, 0.15) is 33.1 Å². The number of nitrogens with one attached hydrogen (secondary N) is 2. The number of ether oxygens (including phenoxy) is 1. The Labute approximate surface area is 85.4 Å². The first kappa shape index (κ1) is 11.3. The standard InChI is InChI=1S/C10H20N2O2/c1-3-4-8(2)11-10(13)12-9-5-6-14-7-9/h8-9H,3-7H2,1-2H3,(H2,11,12,13). The van der Waals surface area contributed by atoms with Crippen molar-refractivity contribution in [1.82, 2.24) is 10.6 Å². The zero-order valence-electron chi connectivity index (χ0n) is 9.01. The molecule has 0 radical (unpaired) electrons. The van der Waals surface area contributed by atoms with Gasteiger partial charge in [0.15, 0.2) is 0 Å². The largest absolute Gasteiger partial charge is 0.379 e. The van der Waals surface area contributed by atoms with Crippen molar-refractivity contribution in [2.45, 2.75) is 45.2 Å². The van der Waals surface area contributed by atoms with Gasteiger partial charge in [-0.05, 0) is 19.8 Å². The van der Waals surface area contributed by atoms with E-state index in [1.165, 1.54) is 0 Å². The van der Waals surface area contributed by atoms with E-state index in [4.69, 9.17) is 4.74 Å². The van der Waals surface area contributed by atoms with E-state index in [2.05, 4.69) is 17.6 Å². The molecule has 0 aromatic heterocycles. The molecule has 1 aliphatic rings. The number of hydrogen-bond acceptors (Lipinski definition) is 2. The minimum atomic E-state index is -0.0681. The first-order valence-corrected chi connectivity index (χ1v) is 5.37. The lowest BCUT2D eigenvalue weighted by molar-refractivity contribution is 0.188. The lowest BCUT2D eigenvalue weighted by Crippen LogP contribution is -2.45. The Morgan fingerprint density at radius 1 is 1.64 bits per heavy atom. The molecule has 1 heterocycles. The summed E-state index contributed by atoms with van der Waals surface area (Å²) in [6.07, 6.45) is 3.04. The third kappa shape index (κ3) is 3.96. The number of hydrogen-bond donors (Lipinski definition) is 2. The number of urea groups is 1. The average Bonchev–Trinajstić information content (AvgIpc) is 2.56. The summed E-state index contributed by atoms with van der Waals surface area (Å²) < 4.78 is 5.17. The zero-order valence-corrected chi connectivity index (χ0v) is 9.01. The minimum absolute atomic E-state index is 0.0681. The molecular formula is C10H20N2O2. The van der Waals surface area contributed by atoms with Gasteiger partial charge in [-0.2, -0.15) is 0 Å². The van der Waals surface area contributed by atoms with Gasteiger partial charge < -0.3 is 15.4 Å². The van der Waals surface area contributed by atoms with Crippen molar-refractivity contribution in [3.8, 4) is 0 Å². The summed E-state index contributed by atoms with van der Waals surface area (Å²) in [6, 6.07) is 0.382. The SMILES string of the molecule is CCCC(C)NC(=O)NC1CCOC1. The van der Waals surface area contributed by atoms with Crippen molar-refractivity contribution in [2.24, 2.45) is 0 Å². The van der Waals surface area contributed by atoms with Crippen LogP contribution in [0.4, 0.5) is 4.79 Å². The molecule has 82 valence electrons. The first-order valence-electron chi connectivity index (χ1n) is 5.37.